The summed E-state index contributed by atoms with van der Waals surface area (Å²) >= 11 is 0. The van der Waals surface area contributed by atoms with E-state index in [1.807, 2.05) is 26.8 Å². The number of hydrogen-bond acceptors (Lipinski definition) is 4. The van der Waals surface area contributed by atoms with Crippen LogP contribution in [0.4, 0.5) is 0 Å². The molecule has 72 valence electrons. The van der Waals surface area contributed by atoms with Crippen LogP contribution in [0.25, 0.3) is 0 Å². The maximum atomic E-state index is 5.47. The predicted octanol–water partition coefficient (Wildman–Crippen LogP) is 1.03. The lowest BCUT2D eigenvalue weighted by Crippen LogP contribution is -2.11. The maximum absolute atomic E-state index is 5.47. The first-order valence-corrected chi connectivity index (χ1v) is 4.33. The Hall–Kier alpha value is -1.16. The molecule has 0 radical (unpaired) electrons. The fourth-order valence-corrected chi connectivity index (χ4v) is 0.972. The molecule has 0 amide bonds. The monoisotopic (exact) mass is 181 g/mol. The zero-order valence-electron chi connectivity index (χ0n) is 8.24. The molecular formula is C9H15N3O. The summed E-state index contributed by atoms with van der Waals surface area (Å²) in [6.07, 6.45) is 0.0902. The van der Waals surface area contributed by atoms with Crippen molar-refractivity contribution >= 4 is 0 Å². The number of ether oxygens (including phenoxy) is 1. The standard InChI is InChI=1S/C9H15N3O/c1-6(2)13-9-11-7(3)4-8(5-10)12-9/h4,6H,5,10H2,1-3H3. The highest BCUT2D eigenvalue weighted by Gasteiger charge is 2.03. The second kappa shape index (κ2) is 4.18. The lowest BCUT2D eigenvalue weighted by atomic mass is 10.3. The van der Waals surface area contributed by atoms with Crippen molar-refractivity contribution in [2.75, 3.05) is 0 Å². The second-order valence-electron chi connectivity index (χ2n) is 3.15. The van der Waals surface area contributed by atoms with Gasteiger partial charge in [0.05, 0.1) is 11.8 Å². The lowest BCUT2D eigenvalue weighted by Gasteiger charge is -2.08. The van der Waals surface area contributed by atoms with Crippen LogP contribution >= 0.6 is 0 Å². The largest absolute Gasteiger partial charge is 0.461 e. The van der Waals surface area contributed by atoms with Gasteiger partial charge >= 0.3 is 6.01 Å². The number of hydrogen-bond donors (Lipinski definition) is 1. The quantitative estimate of drug-likeness (QED) is 0.756. The molecule has 0 aliphatic carbocycles. The Morgan fingerprint density at radius 2 is 2.15 bits per heavy atom. The van der Waals surface area contributed by atoms with Crippen molar-refractivity contribution in [3.63, 3.8) is 0 Å². The predicted molar refractivity (Wildman–Crippen MR) is 50.4 cm³/mol. The molecule has 2 N–H and O–H groups in total. The van der Waals surface area contributed by atoms with Crippen molar-refractivity contribution < 1.29 is 4.74 Å². The van der Waals surface area contributed by atoms with Crippen LogP contribution in [0.5, 0.6) is 6.01 Å². The minimum Gasteiger partial charge on any atom is -0.461 e. The van der Waals surface area contributed by atoms with E-state index < -0.39 is 0 Å². The van der Waals surface area contributed by atoms with Gasteiger partial charge in [-0.15, -0.1) is 0 Å². The summed E-state index contributed by atoms with van der Waals surface area (Å²) < 4.78 is 5.36. The van der Waals surface area contributed by atoms with E-state index >= 15 is 0 Å². The third kappa shape index (κ3) is 2.99. The van der Waals surface area contributed by atoms with E-state index in [4.69, 9.17) is 10.5 Å². The molecule has 1 aromatic heterocycles. The van der Waals surface area contributed by atoms with Crippen LogP contribution in [-0.4, -0.2) is 16.1 Å². The van der Waals surface area contributed by atoms with Crippen molar-refractivity contribution in [3.8, 4) is 6.01 Å². The van der Waals surface area contributed by atoms with Gasteiger partial charge in [0.25, 0.3) is 0 Å². The van der Waals surface area contributed by atoms with Gasteiger partial charge in [-0.3, -0.25) is 0 Å². The number of rotatable bonds is 3. The highest BCUT2D eigenvalue weighted by Crippen LogP contribution is 2.07. The van der Waals surface area contributed by atoms with Crippen LogP contribution in [0.3, 0.4) is 0 Å². The average Bonchev–Trinajstić information content (AvgIpc) is 2.01. The summed E-state index contributed by atoms with van der Waals surface area (Å²) in [6.45, 7) is 6.19. The third-order valence-corrected chi connectivity index (χ3v) is 1.44. The second-order valence-corrected chi connectivity index (χ2v) is 3.15. The molecule has 0 spiro atoms. The fraction of sp³-hybridized carbons (Fsp3) is 0.556. The van der Waals surface area contributed by atoms with Crippen LogP contribution < -0.4 is 10.5 Å². The molecule has 0 aliphatic rings. The maximum Gasteiger partial charge on any atom is 0.317 e. The van der Waals surface area contributed by atoms with E-state index in [9.17, 15) is 0 Å². The van der Waals surface area contributed by atoms with Crippen molar-refractivity contribution in [1.82, 2.24) is 9.97 Å². The van der Waals surface area contributed by atoms with Gasteiger partial charge in [0, 0.05) is 12.2 Å². The molecule has 0 saturated heterocycles. The summed E-state index contributed by atoms with van der Waals surface area (Å²) in [4.78, 5) is 8.27. The van der Waals surface area contributed by atoms with Crippen LogP contribution in [0.15, 0.2) is 6.07 Å². The molecule has 0 aliphatic heterocycles. The Labute approximate surface area is 78.1 Å². The molecule has 0 atom stereocenters. The van der Waals surface area contributed by atoms with Gasteiger partial charge in [0.1, 0.15) is 0 Å². The molecule has 13 heavy (non-hydrogen) atoms. The SMILES string of the molecule is Cc1cc(CN)nc(OC(C)C)n1. The van der Waals surface area contributed by atoms with Gasteiger partial charge in [0.15, 0.2) is 0 Å². The Bertz CT molecular complexity index is 286. The summed E-state index contributed by atoms with van der Waals surface area (Å²) in [5.74, 6) is 0. The summed E-state index contributed by atoms with van der Waals surface area (Å²) in [5, 5.41) is 0. The van der Waals surface area contributed by atoms with Crippen molar-refractivity contribution in [3.05, 3.63) is 17.5 Å². The van der Waals surface area contributed by atoms with Gasteiger partial charge in [-0.2, -0.15) is 4.98 Å². The van der Waals surface area contributed by atoms with Gasteiger partial charge < -0.3 is 10.5 Å². The molecule has 4 heteroatoms. The van der Waals surface area contributed by atoms with Crippen LogP contribution in [0, 0.1) is 6.92 Å². The van der Waals surface area contributed by atoms with Crippen molar-refractivity contribution in [1.29, 1.82) is 0 Å². The Morgan fingerprint density at radius 1 is 1.46 bits per heavy atom. The number of aromatic nitrogens is 2. The zero-order chi connectivity index (χ0) is 9.84. The topological polar surface area (TPSA) is 61.0 Å². The van der Waals surface area contributed by atoms with Crippen LogP contribution in [0.1, 0.15) is 25.2 Å². The summed E-state index contributed by atoms with van der Waals surface area (Å²) in [6, 6.07) is 2.27. The minimum atomic E-state index is 0.0902. The smallest absolute Gasteiger partial charge is 0.317 e. The van der Waals surface area contributed by atoms with E-state index in [1.54, 1.807) is 0 Å². The van der Waals surface area contributed by atoms with Crippen LogP contribution in [-0.2, 0) is 6.54 Å². The molecule has 1 heterocycles. The van der Waals surface area contributed by atoms with E-state index in [1.165, 1.54) is 0 Å². The molecule has 0 unspecified atom stereocenters. The van der Waals surface area contributed by atoms with Gasteiger partial charge in [-0.05, 0) is 26.8 Å². The Morgan fingerprint density at radius 3 is 2.69 bits per heavy atom. The van der Waals surface area contributed by atoms with Crippen LogP contribution in [0.2, 0.25) is 0 Å². The molecule has 0 fully saturated rings. The lowest BCUT2D eigenvalue weighted by molar-refractivity contribution is 0.221. The Kier molecular flexibility index (Phi) is 3.19. The van der Waals surface area contributed by atoms with E-state index in [0.29, 0.717) is 12.6 Å². The molecule has 1 rings (SSSR count). The number of nitrogens with zero attached hydrogens (tertiary/aromatic N) is 2. The highest BCUT2D eigenvalue weighted by molar-refractivity contribution is 5.12. The van der Waals surface area contributed by atoms with Crippen molar-refractivity contribution in [2.24, 2.45) is 5.73 Å². The molecule has 0 saturated carbocycles. The first-order chi connectivity index (χ1) is 6.11. The first-order valence-electron chi connectivity index (χ1n) is 4.33. The van der Waals surface area contributed by atoms with Gasteiger partial charge in [-0.25, -0.2) is 4.98 Å². The van der Waals surface area contributed by atoms with Crippen molar-refractivity contribution in [2.45, 2.75) is 33.4 Å². The Balaban J connectivity index is 2.88. The minimum absolute atomic E-state index is 0.0902. The first kappa shape index (κ1) is 9.92. The van der Waals surface area contributed by atoms with E-state index in [2.05, 4.69) is 9.97 Å². The van der Waals surface area contributed by atoms with Gasteiger partial charge in [-0.1, -0.05) is 0 Å². The molecular weight excluding hydrogens is 166 g/mol. The molecule has 0 aromatic carbocycles. The fourth-order valence-electron chi connectivity index (χ4n) is 0.972. The third-order valence-electron chi connectivity index (χ3n) is 1.44. The van der Waals surface area contributed by atoms with E-state index in [-0.39, 0.29) is 6.10 Å². The van der Waals surface area contributed by atoms with Gasteiger partial charge in [0.2, 0.25) is 0 Å². The average molecular weight is 181 g/mol. The van der Waals surface area contributed by atoms with E-state index in [0.717, 1.165) is 11.4 Å². The zero-order valence-corrected chi connectivity index (χ0v) is 8.24. The number of nitrogens with two attached hydrogens (primary N) is 1. The normalized spacial score (nSPS) is 10.5. The summed E-state index contributed by atoms with van der Waals surface area (Å²) in [5.41, 5.74) is 7.16. The summed E-state index contributed by atoms with van der Waals surface area (Å²) in [7, 11) is 0. The molecule has 4 nitrogen and oxygen atoms in total. The molecule has 0 bridgehead atoms. The molecule has 1 aromatic rings. The highest BCUT2D eigenvalue weighted by atomic mass is 16.5. The number of aryl methyl sites for hydroxylation is 1.